The van der Waals surface area contributed by atoms with Gasteiger partial charge in [-0.1, -0.05) is 0 Å². The summed E-state index contributed by atoms with van der Waals surface area (Å²) >= 11 is 0. The summed E-state index contributed by atoms with van der Waals surface area (Å²) in [5.41, 5.74) is 6.26. The van der Waals surface area contributed by atoms with Crippen LogP contribution in [0.15, 0.2) is 23.1 Å². The fourth-order valence-corrected chi connectivity index (χ4v) is 2.99. The monoisotopic (exact) mass is 287 g/mol. The zero-order chi connectivity index (χ0) is 14.2. The molecule has 1 aliphatic heterocycles. The molecule has 2 atom stereocenters. The van der Waals surface area contributed by atoms with Crippen LogP contribution < -0.4 is 15.8 Å². The first kappa shape index (κ1) is 14.2. The van der Waals surface area contributed by atoms with Crippen LogP contribution in [0.25, 0.3) is 0 Å². The van der Waals surface area contributed by atoms with Crippen LogP contribution in [-0.2, 0) is 10.0 Å². The van der Waals surface area contributed by atoms with Gasteiger partial charge in [0.15, 0.2) is 0 Å². The van der Waals surface area contributed by atoms with E-state index in [0.717, 1.165) is 18.9 Å². The van der Waals surface area contributed by atoms with Gasteiger partial charge in [-0.3, -0.25) is 0 Å². The summed E-state index contributed by atoms with van der Waals surface area (Å²) in [5.74, 6) is -0.575. The average molecular weight is 287 g/mol. The topological polar surface area (TPSA) is 89.4 Å². The number of rotatable bonds is 2. The molecule has 1 heterocycles. The Balaban J connectivity index is 2.31. The summed E-state index contributed by atoms with van der Waals surface area (Å²) in [6, 6.07) is 4.01. The van der Waals surface area contributed by atoms with E-state index < -0.39 is 15.8 Å². The molecule has 0 aromatic heterocycles. The number of nitrogens with two attached hydrogens (primary N) is 2. The average Bonchev–Trinajstić information content (AvgIpc) is 2.28. The molecule has 2 unspecified atom stereocenters. The SMILES string of the molecule is CC1CC(N)CCN1c1ccc(S(N)(=O)=O)cc1F. The van der Waals surface area contributed by atoms with E-state index in [4.69, 9.17) is 10.9 Å². The normalized spacial score (nSPS) is 24.5. The fraction of sp³-hybridized carbons (Fsp3) is 0.500. The number of hydrogen-bond donors (Lipinski definition) is 2. The van der Waals surface area contributed by atoms with Crippen LogP contribution in [0.5, 0.6) is 0 Å². The molecule has 0 radical (unpaired) electrons. The van der Waals surface area contributed by atoms with Gasteiger partial charge in [-0.25, -0.2) is 17.9 Å². The molecule has 1 aromatic rings. The highest BCUT2D eigenvalue weighted by Gasteiger charge is 2.25. The minimum atomic E-state index is -3.87. The van der Waals surface area contributed by atoms with Crippen molar-refractivity contribution in [1.82, 2.24) is 0 Å². The van der Waals surface area contributed by atoms with Crippen LogP contribution in [0, 0.1) is 5.82 Å². The van der Waals surface area contributed by atoms with E-state index in [1.54, 1.807) is 0 Å². The number of nitrogens with zero attached hydrogens (tertiary/aromatic N) is 1. The lowest BCUT2D eigenvalue weighted by molar-refractivity contribution is 0.424. The molecule has 2 rings (SSSR count). The van der Waals surface area contributed by atoms with Crippen molar-refractivity contribution in [1.29, 1.82) is 0 Å². The summed E-state index contributed by atoms with van der Waals surface area (Å²) in [6.45, 7) is 2.64. The molecule has 1 aromatic carbocycles. The largest absolute Gasteiger partial charge is 0.366 e. The molecule has 1 fully saturated rings. The maximum absolute atomic E-state index is 14.0. The second kappa shape index (κ2) is 5.07. The van der Waals surface area contributed by atoms with E-state index in [-0.39, 0.29) is 17.0 Å². The molecule has 1 aliphatic rings. The Hall–Kier alpha value is -1.18. The Labute approximate surface area is 112 Å². The highest BCUT2D eigenvalue weighted by Crippen LogP contribution is 2.28. The molecule has 5 nitrogen and oxygen atoms in total. The lowest BCUT2D eigenvalue weighted by Crippen LogP contribution is -2.46. The Morgan fingerprint density at radius 3 is 2.63 bits per heavy atom. The van der Waals surface area contributed by atoms with Crippen molar-refractivity contribution < 1.29 is 12.8 Å². The number of hydrogen-bond acceptors (Lipinski definition) is 4. The zero-order valence-corrected chi connectivity index (χ0v) is 11.5. The molecule has 4 N–H and O–H groups in total. The standard InChI is InChI=1S/C12H18FN3O2S/c1-8-6-9(14)4-5-16(8)12-3-2-10(7-11(12)13)19(15,17)18/h2-3,7-9H,4-6,14H2,1H3,(H2,15,17,18). The molecule has 0 aliphatic carbocycles. The number of halogens is 1. The number of anilines is 1. The summed E-state index contributed by atoms with van der Waals surface area (Å²) in [4.78, 5) is 1.70. The molecule has 106 valence electrons. The van der Waals surface area contributed by atoms with Crippen LogP contribution in [0.2, 0.25) is 0 Å². The van der Waals surface area contributed by atoms with Gasteiger partial charge in [0.25, 0.3) is 0 Å². The van der Waals surface area contributed by atoms with Crippen molar-refractivity contribution >= 4 is 15.7 Å². The summed E-state index contributed by atoms with van der Waals surface area (Å²) in [7, 11) is -3.87. The summed E-state index contributed by atoms with van der Waals surface area (Å²) < 4.78 is 36.4. The lowest BCUT2D eigenvalue weighted by Gasteiger charge is -2.38. The van der Waals surface area contributed by atoms with Crippen molar-refractivity contribution in [2.24, 2.45) is 10.9 Å². The third kappa shape index (κ3) is 3.05. The van der Waals surface area contributed by atoms with Gasteiger partial charge in [-0.2, -0.15) is 0 Å². The number of sulfonamides is 1. The van der Waals surface area contributed by atoms with E-state index in [9.17, 15) is 12.8 Å². The van der Waals surface area contributed by atoms with Gasteiger partial charge in [0, 0.05) is 18.6 Å². The van der Waals surface area contributed by atoms with Gasteiger partial charge >= 0.3 is 0 Å². The molecule has 0 bridgehead atoms. The second-order valence-electron chi connectivity index (χ2n) is 4.99. The maximum atomic E-state index is 14.0. The van der Waals surface area contributed by atoms with E-state index in [2.05, 4.69) is 0 Å². The van der Waals surface area contributed by atoms with Crippen molar-refractivity contribution in [3.05, 3.63) is 24.0 Å². The van der Waals surface area contributed by atoms with E-state index in [0.29, 0.717) is 12.2 Å². The minimum absolute atomic E-state index is 0.124. The van der Waals surface area contributed by atoms with E-state index >= 15 is 0 Å². The van der Waals surface area contributed by atoms with Crippen molar-refractivity contribution in [3.63, 3.8) is 0 Å². The van der Waals surface area contributed by atoms with Crippen molar-refractivity contribution in [3.8, 4) is 0 Å². The minimum Gasteiger partial charge on any atom is -0.366 e. The van der Waals surface area contributed by atoms with Gasteiger partial charge < -0.3 is 10.6 Å². The second-order valence-corrected chi connectivity index (χ2v) is 6.55. The van der Waals surface area contributed by atoms with Crippen molar-refractivity contribution in [2.45, 2.75) is 36.7 Å². The van der Waals surface area contributed by atoms with Crippen molar-refractivity contribution in [2.75, 3.05) is 11.4 Å². The van der Waals surface area contributed by atoms with Crippen LogP contribution in [-0.4, -0.2) is 27.0 Å². The first-order chi connectivity index (χ1) is 8.79. The molecule has 0 spiro atoms. The van der Waals surface area contributed by atoms with Crippen LogP contribution >= 0.6 is 0 Å². The highest BCUT2D eigenvalue weighted by atomic mass is 32.2. The third-order valence-electron chi connectivity index (χ3n) is 3.47. The van der Waals surface area contributed by atoms with Gasteiger partial charge in [0.2, 0.25) is 10.0 Å². The molecule has 0 saturated carbocycles. The Kier molecular flexibility index (Phi) is 3.80. The van der Waals surface area contributed by atoms with Crippen LogP contribution in [0.3, 0.4) is 0 Å². The molecule has 19 heavy (non-hydrogen) atoms. The number of benzene rings is 1. The maximum Gasteiger partial charge on any atom is 0.238 e. The van der Waals surface area contributed by atoms with Crippen LogP contribution in [0.4, 0.5) is 10.1 Å². The van der Waals surface area contributed by atoms with Gasteiger partial charge in [-0.15, -0.1) is 0 Å². The Morgan fingerprint density at radius 2 is 2.11 bits per heavy atom. The molecule has 1 saturated heterocycles. The fourth-order valence-electron chi connectivity index (χ4n) is 2.46. The highest BCUT2D eigenvalue weighted by molar-refractivity contribution is 7.89. The zero-order valence-electron chi connectivity index (χ0n) is 10.7. The summed E-state index contributed by atoms with van der Waals surface area (Å²) in [5, 5.41) is 4.98. The Morgan fingerprint density at radius 1 is 1.42 bits per heavy atom. The van der Waals surface area contributed by atoms with E-state index in [1.807, 2.05) is 11.8 Å². The van der Waals surface area contributed by atoms with Gasteiger partial charge in [0.05, 0.1) is 10.6 Å². The van der Waals surface area contributed by atoms with Crippen LogP contribution in [0.1, 0.15) is 19.8 Å². The third-order valence-corrected chi connectivity index (χ3v) is 4.38. The smallest absolute Gasteiger partial charge is 0.238 e. The number of primary sulfonamides is 1. The van der Waals surface area contributed by atoms with E-state index in [1.165, 1.54) is 12.1 Å². The lowest BCUT2D eigenvalue weighted by atomic mass is 9.98. The predicted molar refractivity (Wildman–Crippen MR) is 71.8 cm³/mol. The van der Waals surface area contributed by atoms with Gasteiger partial charge in [0.1, 0.15) is 5.82 Å². The first-order valence-corrected chi connectivity index (χ1v) is 7.68. The van der Waals surface area contributed by atoms with Gasteiger partial charge in [-0.05, 0) is 38.0 Å². The summed E-state index contributed by atoms with van der Waals surface area (Å²) in [6.07, 6.45) is 1.58. The molecule has 0 amide bonds. The molecular weight excluding hydrogens is 269 g/mol. The predicted octanol–water partition coefficient (Wildman–Crippen LogP) is 0.789. The number of piperidine rings is 1. The molecular formula is C12H18FN3O2S. The first-order valence-electron chi connectivity index (χ1n) is 6.13. The quantitative estimate of drug-likeness (QED) is 0.841. The Bertz CT molecular complexity index is 576. The molecule has 7 heteroatoms.